The van der Waals surface area contributed by atoms with E-state index in [0.717, 1.165) is 4.21 Å². The van der Waals surface area contributed by atoms with Crippen molar-refractivity contribution < 1.29 is 29.7 Å². The van der Waals surface area contributed by atoms with Gasteiger partial charge in [0.05, 0.1) is 0 Å². The molecule has 0 saturated heterocycles. The van der Waals surface area contributed by atoms with Crippen molar-refractivity contribution in [2.45, 2.75) is 0 Å². The van der Waals surface area contributed by atoms with Crippen molar-refractivity contribution in [3.05, 3.63) is 0 Å². The molecule has 3 N–H and O–H groups in total. The predicted molar refractivity (Wildman–Crippen MR) is 72.2 cm³/mol. The quantitative estimate of drug-likeness (QED) is 0.640. The normalized spacial score (nSPS) is 16.3. The number of nitrogens with zero attached hydrogens (tertiary/aromatic N) is 1. The highest BCUT2D eigenvalue weighted by Crippen LogP contribution is 2.55. The average molecular weight is 287 g/mol. The Bertz CT molecular complexity index is 355. The Kier molecular flexibility index (Phi) is 5.84. The summed E-state index contributed by atoms with van der Waals surface area (Å²) in [6, 6.07) is 0. The number of hydrogen-bond acceptors (Lipinski definition) is 4. The van der Waals surface area contributed by atoms with E-state index in [1.54, 1.807) is 0 Å². The Labute approximate surface area is 93.6 Å². The second-order valence-corrected chi connectivity index (χ2v) is 9.24. The monoisotopic (exact) mass is 287 g/mol. The van der Waals surface area contributed by atoms with Crippen LogP contribution >= 0.6 is 23.1 Å². The van der Waals surface area contributed by atoms with Crippen LogP contribution in [0.3, 0.4) is 0 Å². The van der Waals surface area contributed by atoms with Gasteiger partial charge in [-0.1, -0.05) is 18.9 Å². The molecule has 0 aromatic rings. The molecule has 0 amide bonds. The molecule has 0 aliphatic carbocycles. The van der Waals surface area contributed by atoms with Gasteiger partial charge in [0.2, 0.25) is 0 Å². The van der Waals surface area contributed by atoms with Crippen LogP contribution in [0, 0.1) is 0 Å². The fraction of sp³-hybridized carbons (Fsp3) is 0. The Morgan fingerprint density at radius 3 is 1.06 bits per heavy atom. The summed E-state index contributed by atoms with van der Waals surface area (Å²) in [4.78, 5) is 32.2. The summed E-state index contributed by atoms with van der Waals surface area (Å²) >= 11 is 0. The zero-order valence-electron chi connectivity index (χ0n) is 8.13. The smallest absolute Gasteiger partial charge is 0.334 e. The molecule has 0 aromatic carbocycles. The zero-order valence-corrected chi connectivity index (χ0v) is 11.1. The third kappa shape index (κ3) is 3.69. The minimum atomic E-state index is -2.53. The highest BCUT2D eigenvalue weighted by molar-refractivity contribution is 7.95. The predicted octanol–water partition coefficient (Wildman–Crippen LogP) is 2.01. The van der Waals surface area contributed by atoms with E-state index in [4.69, 9.17) is 15.3 Å². The van der Waals surface area contributed by atoms with E-state index in [9.17, 15) is 14.4 Å². The van der Waals surface area contributed by atoms with Crippen molar-refractivity contribution in [1.82, 2.24) is 4.21 Å². The molecule has 0 bridgehead atoms. The van der Waals surface area contributed by atoms with E-state index in [-0.39, 0.29) is 0 Å². The average Bonchev–Trinajstić information content (AvgIpc) is 2.16. The minimum absolute atomic E-state index is 0.896. The van der Waals surface area contributed by atoms with E-state index in [1.807, 2.05) is 0 Å². The highest BCUT2D eigenvalue weighted by Gasteiger charge is 2.24. The van der Waals surface area contributed by atoms with Gasteiger partial charge in [-0.15, -0.1) is 0 Å². The van der Waals surface area contributed by atoms with Crippen LogP contribution in [-0.4, -0.2) is 55.6 Å². The molecule has 0 rings (SSSR count). The fourth-order valence-electron chi connectivity index (χ4n) is 0.776. The maximum Gasteiger partial charge on any atom is 0.334 e. The van der Waals surface area contributed by atoms with Gasteiger partial charge >= 0.3 is 17.1 Å². The van der Waals surface area contributed by atoms with Crippen molar-refractivity contribution in [1.29, 1.82) is 0 Å². The van der Waals surface area contributed by atoms with E-state index in [0.29, 0.717) is 0 Å². The lowest BCUT2D eigenvalue weighted by molar-refractivity contribution is 0.221. The summed E-state index contributed by atoms with van der Waals surface area (Å²) in [5, 5.41) is 26.2. The van der Waals surface area contributed by atoms with Crippen LogP contribution in [0.1, 0.15) is 0 Å². The van der Waals surface area contributed by atoms with Gasteiger partial charge in [-0.25, -0.2) is 18.6 Å². The first-order valence-corrected chi connectivity index (χ1v) is 8.73. The summed E-state index contributed by atoms with van der Waals surface area (Å²) in [7, 11) is -7.59. The lowest BCUT2D eigenvalue weighted by Gasteiger charge is -2.24. The summed E-state index contributed by atoms with van der Waals surface area (Å²) in [5.74, 6) is 0. The van der Waals surface area contributed by atoms with Gasteiger partial charge in [-0.2, -0.15) is 0 Å². The first-order chi connectivity index (χ1) is 7.20. The fourth-order valence-corrected chi connectivity index (χ4v) is 6.98. The van der Waals surface area contributed by atoms with E-state index in [2.05, 4.69) is 18.9 Å². The molecule has 0 radical (unpaired) electrons. The summed E-state index contributed by atoms with van der Waals surface area (Å²) in [6.45, 7) is 0. The van der Waals surface area contributed by atoms with Crippen molar-refractivity contribution in [2.24, 2.45) is 0 Å². The van der Waals surface area contributed by atoms with E-state index >= 15 is 0 Å². The third-order valence-corrected chi connectivity index (χ3v) is 9.51. The Hall–Kier alpha value is -0.730. The summed E-state index contributed by atoms with van der Waals surface area (Å²) < 4.78 is 0.896. The van der Waals surface area contributed by atoms with Gasteiger partial charge in [-0.3, -0.25) is 0 Å². The van der Waals surface area contributed by atoms with Crippen molar-refractivity contribution >= 4 is 59.1 Å². The van der Waals surface area contributed by atoms with Crippen LogP contribution in [0.25, 0.3) is 0 Å². The molecule has 0 saturated carbocycles. The van der Waals surface area contributed by atoms with Gasteiger partial charge in [0, 0.05) is 23.1 Å². The van der Waals surface area contributed by atoms with E-state index < -0.39 is 40.2 Å². The molecule has 0 heterocycles. The summed E-state index contributed by atoms with van der Waals surface area (Å²) in [5.41, 5.74) is -3.90. The van der Waals surface area contributed by atoms with E-state index in [1.165, 1.54) is 0 Å². The van der Waals surface area contributed by atoms with Gasteiger partial charge in [0.15, 0.2) is 0 Å². The van der Waals surface area contributed by atoms with Crippen LogP contribution < -0.4 is 0 Å². The van der Waals surface area contributed by atoms with Gasteiger partial charge in [0.1, 0.15) is 0 Å². The number of carboxylic acid groups (broad SMARTS) is 3. The number of carbonyl (C=O) groups is 3. The highest BCUT2D eigenvalue weighted by atomic mass is 31.2. The molecule has 0 aromatic heterocycles. The number of rotatable bonds is 6. The van der Waals surface area contributed by atoms with Crippen LogP contribution in [0.2, 0.25) is 0 Å². The molecule has 3 atom stereocenters. The minimum Gasteiger partial charge on any atom is -0.477 e. The SMILES string of the molecule is C=[PH](C(=O)O)N([PH](=C)C(=O)O)[PH](=C)C(=O)O. The molecule has 16 heavy (non-hydrogen) atoms. The van der Waals surface area contributed by atoms with Gasteiger partial charge in [-0.05, 0) is 0 Å². The molecule has 3 unspecified atom stereocenters. The Balaban J connectivity index is 5.39. The maximum absolute atomic E-state index is 10.7. The molecule has 10 heteroatoms. The molecular weight excluding hydrogens is 275 g/mol. The second-order valence-electron chi connectivity index (χ2n) is 2.59. The van der Waals surface area contributed by atoms with Gasteiger partial charge in [0.25, 0.3) is 0 Å². The molecule has 0 aliphatic rings. The van der Waals surface area contributed by atoms with Gasteiger partial charge < -0.3 is 15.3 Å². The molecule has 0 fully saturated rings. The lowest BCUT2D eigenvalue weighted by atomic mass is 11.6. The first kappa shape index (κ1) is 15.3. The van der Waals surface area contributed by atoms with Crippen molar-refractivity contribution in [3.8, 4) is 0 Å². The molecular formula is C6H12NO6P3. The third-order valence-electron chi connectivity index (χ3n) is 1.55. The lowest BCUT2D eigenvalue weighted by Crippen LogP contribution is -2.08. The zero-order chi connectivity index (χ0) is 13.0. The Morgan fingerprint density at radius 2 is 0.938 bits per heavy atom. The van der Waals surface area contributed by atoms with Crippen molar-refractivity contribution in [3.63, 3.8) is 0 Å². The van der Waals surface area contributed by atoms with Crippen LogP contribution in [0.15, 0.2) is 0 Å². The van der Waals surface area contributed by atoms with Crippen LogP contribution in [0.5, 0.6) is 0 Å². The van der Waals surface area contributed by atoms with Crippen molar-refractivity contribution in [2.75, 3.05) is 0 Å². The van der Waals surface area contributed by atoms with Crippen LogP contribution in [-0.2, 0) is 0 Å². The Morgan fingerprint density at radius 1 is 0.750 bits per heavy atom. The standard InChI is InChI=1S/C6H12NO6P3/c1-14(4(8)9)7(15(2)5(10)11)16(3)6(12)13/h14-16H,1-3H2,(H,8,9)(H,10,11)(H,12,13). The summed E-state index contributed by atoms with van der Waals surface area (Å²) in [6.07, 6.45) is 9.95. The first-order valence-electron chi connectivity index (χ1n) is 3.76. The topological polar surface area (TPSA) is 115 Å². The number of hydrogen-bond donors (Lipinski definition) is 3. The maximum atomic E-state index is 10.7. The second kappa shape index (κ2) is 6.12. The van der Waals surface area contributed by atoms with Crippen LogP contribution in [0.4, 0.5) is 14.4 Å². The molecule has 7 nitrogen and oxygen atoms in total. The molecule has 0 aliphatic heterocycles. The molecule has 0 spiro atoms. The molecule has 92 valence electrons. The largest absolute Gasteiger partial charge is 0.477 e.